The normalized spacial score (nSPS) is 37.0. The molecule has 1 heterocycles. The van der Waals surface area contributed by atoms with Crippen LogP contribution in [0.3, 0.4) is 0 Å². The molecule has 5 rings (SSSR count). The maximum atomic E-state index is 12.6. The molecule has 1 N–H and O–H groups in total. The summed E-state index contributed by atoms with van der Waals surface area (Å²) in [6, 6.07) is 5.65. The van der Waals surface area contributed by atoms with Gasteiger partial charge in [0.15, 0.2) is 0 Å². The van der Waals surface area contributed by atoms with Gasteiger partial charge in [-0.3, -0.25) is 9.78 Å². The number of hydrogen-bond acceptors (Lipinski definition) is 3. The van der Waals surface area contributed by atoms with Crippen LogP contribution in [0, 0.1) is 23.2 Å². The van der Waals surface area contributed by atoms with Crippen LogP contribution in [-0.2, 0) is 4.79 Å². The van der Waals surface area contributed by atoms with Crippen molar-refractivity contribution in [2.75, 3.05) is 0 Å². The lowest BCUT2D eigenvalue weighted by molar-refractivity contribution is -0.146. The van der Waals surface area contributed by atoms with Crippen LogP contribution in [-0.4, -0.2) is 17.1 Å². The largest absolute Gasteiger partial charge is 0.273 e. The van der Waals surface area contributed by atoms with Crippen LogP contribution < -0.4 is 5.43 Å². The molecule has 4 saturated carbocycles. The molecule has 4 bridgehead atoms. The first-order valence-electron chi connectivity index (χ1n) is 7.98. The van der Waals surface area contributed by atoms with E-state index >= 15 is 0 Å². The molecule has 1 aromatic heterocycles. The molecule has 1 amide bonds. The van der Waals surface area contributed by atoms with Gasteiger partial charge in [0.25, 0.3) is 0 Å². The summed E-state index contributed by atoms with van der Waals surface area (Å²) >= 11 is 0. The van der Waals surface area contributed by atoms with E-state index in [-0.39, 0.29) is 11.3 Å². The number of pyridine rings is 1. The Bertz CT molecular complexity index is 531. The lowest BCUT2D eigenvalue weighted by Gasteiger charge is -2.55. The van der Waals surface area contributed by atoms with Crippen molar-refractivity contribution < 1.29 is 4.79 Å². The third kappa shape index (κ3) is 2.37. The maximum Gasteiger partial charge on any atom is 0.246 e. The fraction of sp³-hybridized carbons (Fsp3) is 0.588. The van der Waals surface area contributed by atoms with E-state index in [2.05, 4.69) is 15.5 Å². The molecule has 4 heteroatoms. The van der Waals surface area contributed by atoms with Crippen molar-refractivity contribution in [1.29, 1.82) is 0 Å². The number of carbonyl (C=O) groups is 1. The molecule has 0 spiro atoms. The van der Waals surface area contributed by atoms with Crippen LogP contribution >= 0.6 is 0 Å². The molecule has 4 aliphatic carbocycles. The first-order valence-corrected chi connectivity index (χ1v) is 7.98. The minimum absolute atomic E-state index is 0.129. The zero-order valence-corrected chi connectivity index (χ0v) is 12.2. The van der Waals surface area contributed by atoms with Gasteiger partial charge < -0.3 is 0 Å². The third-order valence-electron chi connectivity index (χ3n) is 5.57. The maximum absolute atomic E-state index is 12.6. The second-order valence-corrected chi connectivity index (χ2v) is 7.15. The van der Waals surface area contributed by atoms with Gasteiger partial charge in [0.1, 0.15) is 0 Å². The van der Waals surface area contributed by atoms with Crippen LogP contribution in [0.15, 0.2) is 29.5 Å². The predicted molar refractivity (Wildman–Crippen MR) is 80.6 cm³/mol. The number of nitrogens with zero attached hydrogens (tertiary/aromatic N) is 2. The van der Waals surface area contributed by atoms with Crippen LogP contribution in [0.1, 0.15) is 44.2 Å². The van der Waals surface area contributed by atoms with Crippen molar-refractivity contribution in [3.63, 3.8) is 0 Å². The van der Waals surface area contributed by atoms with Crippen molar-refractivity contribution in [2.45, 2.75) is 38.5 Å². The van der Waals surface area contributed by atoms with E-state index in [0.717, 1.165) is 42.7 Å². The first kappa shape index (κ1) is 13.0. The molecule has 4 nitrogen and oxygen atoms in total. The summed E-state index contributed by atoms with van der Waals surface area (Å²) in [5.41, 5.74) is 3.42. The van der Waals surface area contributed by atoms with Gasteiger partial charge in [-0.2, -0.15) is 5.10 Å². The lowest BCUT2D eigenvalue weighted by atomic mass is 9.49. The van der Waals surface area contributed by atoms with E-state index in [1.54, 1.807) is 12.4 Å². The number of rotatable bonds is 3. The Labute approximate surface area is 125 Å². The average Bonchev–Trinajstić information content (AvgIpc) is 2.47. The minimum Gasteiger partial charge on any atom is -0.273 e. The lowest BCUT2D eigenvalue weighted by Crippen LogP contribution is -2.52. The SMILES string of the molecule is O=C(N/N=C\c1ccccn1)C12CC3CC(CC(C3)C1)C2. The fourth-order valence-corrected chi connectivity index (χ4v) is 5.12. The molecule has 0 unspecified atom stereocenters. The number of hydrogen-bond donors (Lipinski definition) is 1. The highest BCUT2D eigenvalue weighted by Gasteiger charge is 2.54. The van der Waals surface area contributed by atoms with Crippen LogP contribution in [0.5, 0.6) is 0 Å². The van der Waals surface area contributed by atoms with Crippen LogP contribution in [0.25, 0.3) is 0 Å². The molecule has 21 heavy (non-hydrogen) atoms. The van der Waals surface area contributed by atoms with E-state index in [9.17, 15) is 4.79 Å². The highest BCUT2D eigenvalue weighted by molar-refractivity contribution is 5.85. The van der Waals surface area contributed by atoms with Crippen LogP contribution in [0.2, 0.25) is 0 Å². The number of aromatic nitrogens is 1. The van der Waals surface area contributed by atoms with Crippen molar-refractivity contribution in [3.05, 3.63) is 30.1 Å². The van der Waals surface area contributed by atoms with E-state index in [1.165, 1.54) is 19.3 Å². The third-order valence-corrected chi connectivity index (χ3v) is 5.57. The van der Waals surface area contributed by atoms with Gasteiger partial charge in [-0.05, 0) is 68.4 Å². The summed E-state index contributed by atoms with van der Waals surface area (Å²) in [5, 5.41) is 4.11. The molecule has 0 atom stereocenters. The zero-order valence-electron chi connectivity index (χ0n) is 12.2. The quantitative estimate of drug-likeness (QED) is 0.685. The van der Waals surface area contributed by atoms with Gasteiger partial charge in [0, 0.05) is 6.20 Å². The Hall–Kier alpha value is -1.71. The number of amides is 1. The second kappa shape index (κ2) is 4.93. The smallest absolute Gasteiger partial charge is 0.246 e. The first-order chi connectivity index (χ1) is 10.2. The minimum atomic E-state index is -0.129. The molecule has 110 valence electrons. The molecule has 0 radical (unpaired) electrons. The van der Waals surface area contributed by atoms with Gasteiger partial charge in [-0.25, -0.2) is 5.43 Å². The fourth-order valence-electron chi connectivity index (χ4n) is 5.12. The highest BCUT2D eigenvalue weighted by atomic mass is 16.2. The van der Waals surface area contributed by atoms with E-state index in [0.29, 0.717) is 0 Å². The Morgan fingerprint density at radius 1 is 1.19 bits per heavy atom. The standard InChI is InChI=1S/C17H21N3O/c21-16(20-19-11-15-3-1-2-4-18-15)17-8-12-5-13(9-17)7-14(6-12)10-17/h1-4,11-14H,5-10H2,(H,20,21)/b19-11-. The molecule has 4 fully saturated rings. The monoisotopic (exact) mass is 283 g/mol. The molecule has 0 saturated heterocycles. The van der Waals surface area contributed by atoms with Gasteiger partial charge in [-0.1, -0.05) is 6.07 Å². The Morgan fingerprint density at radius 2 is 1.86 bits per heavy atom. The van der Waals surface area contributed by atoms with Crippen molar-refractivity contribution in [2.24, 2.45) is 28.3 Å². The summed E-state index contributed by atoms with van der Waals surface area (Å²) in [4.78, 5) is 16.8. The Balaban J connectivity index is 1.44. The topological polar surface area (TPSA) is 54.4 Å². The summed E-state index contributed by atoms with van der Waals surface area (Å²) in [7, 11) is 0. The van der Waals surface area contributed by atoms with Crippen LogP contribution in [0.4, 0.5) is 0 Å². The summed E-state index contributed by atoms with van der Waals surface area (Å²) < 4.78 is 0. The average molecular weight is 283 g/mol. The number of nitrogens with one attached hydrogen (secondary N) is 1. The van der Waals surface area contributed by atoms with E-state index in [1.807, 2.05) is 18.2 Å². The summed E-state index contributed by atoms with van der Waals surface area (Å²) in [5.74, 6) is 2.47. The molecule has 4 aliphatic rings. The molecule has 1 aromatic rings. The summed E-state index contributed by atoms with van der Waals surface area (Å²) in [6.45, 7) is 0. The predicted octanol–water partition coefficient (Wildman–Crippen LogP) is 2.75. The molecule has 0 aromatic carbocycles. The van der Waals surface area contributed by atoms with Gasteiger partial charge in [-0.15, -0.1) is 0 Å². The molecular weight excluding hydrogens is 262 g/mol. The van der Waals surface area contributed by atoms with Gasteiger partial charge in [0.2, 0.25) is 5.91 Å². The molecule has 0 aliphatic heterocycles. The van der Waals surface area contributed by atoms with Gasteiger partial charge in [0.05, 0.1) is 17.3 Å². The van der Waals surface area contributed by atoms with Crippen molar-refractivity contribution >= 4 is 12.1 Å². The number of carbonyl (C=O) groups excluding carboxylic acids is 1. The summed E-state index contributed by atoms with van der Waals surface area (Å²) in [6.07, 6.45) is 10.6. The number of hydrazone groups is 1. The van der Waals surface area contributed by atoms with E-state index in [4.69, 9.17) is 0 Å². The van der Waals surface area contributed by atoms with Crippen molar-refractivity contribution in [1.82, 2.24) is 10.4 Å². The Kier molecular flexibility index (Phi) is 3.05. The molecular formula is C17H21N3O. The zero-order chi connectivity index (χ0) is 14.3. The highest BCUT2D eigenvalue weighted by Crippen LogP contribution is 2.60. The second-order valence-electron chi connectivity index (χ2n) is 7.15. The van der Waals surface area contributed by atoms with Gasteiger partial charge >= 0.3 is 0 Å². The van der Waals surface area contributed by atoms with E-state index < -0.39 is 0 Å². The Morgan fingerprint density at radius 3 is 2.43 bits per heavy atom. The van der Waals surface area contributed by atoms with Crippen molar-refractivity contribution in [3.8, 4) is 0 Å².